The van der Waals surface area contributed by atoms with Crippen molar-refractivity contribution in [1.82, 2.24) is 10.2 Å². The van der Waals surface area contributed by atoms with E-state index in [1.807, 2.05) is 0 Å². The fraction of sp³-hybridized carbons (Fsp3) is 0.833. The summed E-state index contributed by atoms with van der Waals surface area (Å²) in [5.41, 5.74) is 5.78. The van der Waals surface area contributed by atoms with Gasteiger partial charge in [0.2, 0.25) is 11.8 Å². The van der Waals surface area contributed by atoms with Crippen molar-refractivity contribution in [3.63, 3.8) is 0 Å². The van der Waals surface area contributed by atoms with Crippen LogP contribution < -0.4 is 11.1 Å². The summed E-state index contributed by atoms with van der Waals surface area (Å²) in [5, 5.41) is 2.73. The summed E-state index contributed by atoms with van der Waals surface area (Å²) < 4.78 is 10.0. The van der Waals surface area contributed by atoms with Crippen molar-refractivity contribution in [2.75, 3.05) is 47.1 Å². The van der Waals surface area contributed by atoms with Gasteiger partial charge in [0.1, 0.15) is 0 Å². The van der Waals surface area contributed by atoms with Crippen molar-refractivity contribution in [3.8, 4) is 0 Å². The minimum atomic E-state index is -0.341. The highest BCUT2D eigenvalue weighted by Gasteiger charge is 2.33. The van der Waals surface area contributed by atoms with Gasteiger partial charge in [-0.15, -0.1) is 0 Å². The van der Waals surface area contributed by atoms with Crippen molar-refractivity contribution in [2.45, 2.75) is 12.5 Å². The van der Waals surface area contributed by atoms with Gasteiger partial charge in [0, 0.05) is 33.4 Å². The third kappa shape index (κ3) is 5.14. The highest BCUT2D eigenvalue weighted by Crippen LogP contribution is 2.13. The molecule has 0 aliphatic carbocycles. The molecular formula is C12H23N3O4. The second-order valence-corrected chi connectivity index (χ2v) is 4.70. The molecule has 1 fully saturated rings. The number of nitrogens with two attached hydrogens (primary N) is 1. The Hall–Kier alpha value is -1.18. The Balaban J connectivity index is 2.27. The molecule has 0 aromatic heterocycles. The summed E-state index contributed by atoms with van der Waals surface area (Å²) in [6, 6.07) is -0.278. The molecule has 1 heterocycles. The topological polar surface area (TPSA) is 93.9 Å². The number of ether oxygens (including phenoxy) is 2. The molecule has 0 saturated carbocycles. The third-order valence-corrected chi connectivity index (χ3v) is 3.05. The van der Waals surface area contributed by atoms with Crippen LogP contribution in [0.15, 0.2) is 0 Å². The maximum absolute atomic E-state index is 12.0. The van der Waals surface area contributed by atoms with Crippen LogP contribution in [-0.4, -0.2) is 69.8 Å². The molecule has 1 saturated heterocycles. The van der Waals surface area contributed by atoms with Crippen LogP contribution in [0, 0.1) is 5.92 Å². The lowest BCUT2D eigenvalue weighted by atomic mass is 10.0. The van der Waals surface area contributed by atoms with Gasteiger partial charge in [-0.1, -0.05) is 0 Å². The number of hydrogen-bond acceptors (Lipinski definition) is 5. The van der Waals surface area contributed by atoms with Crippen LogP contribution in [0.25, 0.3) is 0 Å². The van der Waals surface area contributed by atoms with E-state index in [0.717, 1.165) is 6.42 Å². The van der Waals surface area contributed by atoms with Crippen molar-refractivity contribution in [2.24, 2.45) is 11.7 Å². The third-order valence-electron chi connectivity index (χ3n) is 3.05. The summed E-state index contributed by atoms with van der Waals surface area (Å²) in [5.74, 6) is -0.664. The first-order valence-corrected chi connectivity index (χ1v) is 6.40. The quantitative estimate of drug-likeness (QED) is 0.555. The van der Waals surface area contributed by atoms with E-state index in [1.54, 1.807) is 14.2 Å². The average molecular weight is 273 g/mol. The molecule has 0 spiro atoms. The van der Waals surface area contributed by atoms with Gasteiger partial charge in [-0.25, -0.2) is 0 Å². The van der Waals surface area contributed by atoms with Crippen molar-refractivity contribution in [3.05, 3.63) is 0 Å². The van der Waals surface area contributed by atoms with Crippen molar-refractivity contribution < 1.29 is 19.1 Å². The Bertz CT molecular complexity index is 311. The van der Waals surface area contributed by atoms with Gasteiger partial charge in [0.15, 0.2) is 0 Å². The molecule has 110 valence electrons. The number of methoxy groups -OCH3 is 1. The molecule has 2 atom stereocenters. The zero-order chi connectivity index (χ0) is 14.3. The van der Waals surface area contributed by atoms with Gasteiger partial charge in [0.25, 0.3) is 0 Å². The smallest absolute Gasteiger partial charge is 0.239 e. The number of nitrogens with one attached hydrogen (secondary N) is 1. The maximum atomic E-state index is 12.0. The number of carbonyl (C=O) groups excluding carboxylic acids is 2. The summed E-state index contributed by atoms with van der Waals surface area (Å²) in [7, 11) is 3.21. The van der Waals surface area contributed by atoms with Crippen molar-refractivity contribution in [1.29, 1.82) is 0 Å². The second-order valence-electron chi connectivity index (χ2n) is 4.70. The fourth-order valence-corrected chi connectivity index (χ4v) is 1.90. The summed E-state index contributed by atoms with van der Waals surface area (Å²) in [6.45, 7) is 1.91. The minimum Gasteiger partial charge on any atom is -0.385 e. The molecule has 2 amide bonds. The lowest BCUT2D eigenvalue weighted by Crippen LogP contribution is -2.45. The van der Waals surface area contributed by atoms with E-state index in [1.165, 1.54) is 4.90 Å². The Morgan fingerprint density at radius 2 is 2.21 bits per heavy atom. The van der Waals surface area contributed by atoms with Gasteiger partial charge < -0.3 is 25.4 Å². The zero-order valence-electron chi connectivity index (χ0n) is 11.6. The molecule has 19 heavy (non-hydrogen) atoms. The van der Waals surface area contributed by atoms with E-state index in [2.05, 4.69) is 5.32 Å². The molecule has 7 heteroatoms. The molecule has 7 nitrogen and oxygen atoms in total. The van der Waals surface area contributed by atoms with Crippen LogP contribution in [-0.2, 0) is 19.1 Å². The molecular weight excluding hydrogens is 250 g/mol. The van der Waals surface area contributed by atoms with Gasteiger partial charge in [0.05, 0.1) is 25.7 Å². The first kappa shape index (κ1) is 15.9. The number of amides is 2. The highest BCUT2D eigenvalue weighted by molar-refractivity contribution is 5.86. The molecule has 3 N–H and O–H groups in total. The van der Waals surface area contributed by atoms with E-state index in [-0.39, 0.29) is 30.3 Å². The van der Waals surface area contributed by atoms with Crippen LogP contribution in [0.1, 0.15) is 6.42 Å². The monoisotopic (exact) mass is 273 g/mol. The molecule has 2 unspecified atom stereocenters. The first-order chi connectivity index (χ1) is 9.06. The second kappa shape index (κ2) is 8.08. The van der Waals surface area contributed by atoms with E-state index >= 15 is 0 Å². The van der Waals surface area contributed by atoms with Crippen LogP contribution >= 0.6 is 0 Å². The molecule has 1 rings (SSSR count). The SMILES string of the molecule is COCCCNC(=O)CN(C)C(=O)C1COCC1N. The summed E-state index contributed by atoms with van der Waals surface area (Å²) in [4.78, 5) is 25.0. The molecule has 0 aromatic carbocycles. The van der Waals surface area contributed by atoms with E-state index in [0.29, 0.717) is 26.4 Å². The maximum Gasteiger partial charge on any atom is 0.239 e. The predicted molar refractivity (Wildman–Crippen MR) is 69.4 cm³/mol. The Morgan fingerprint density at radius 1 is 1.47 bits per heavy atom. The van der Waals surface area contributed by atoms with Gasteiger partial charge in [-0.2, -0.15) is 0 Å². The summed E-state index contributed by atoms with van der Waals surface area (Å²) in [6.07, 6.45) is 0.751. The van der Waals surface area contributed by atoms with Crippen LogP contribution in [0.2, 0.25) is 0 Å². The van der Waals surface area contributed by atoms with E-state index in [9.17, 15) is 9.59 Å². The zero-order valence-corrected chi connectivity index (χ0v) is 11.6. The number of carbonyl (C=O) groups is 2. The molecule has 1 aliphatic rings. The largest absolute Gasteiger partial charge is 0.385 e. The Morgan fingerprint density at radius 3 is 2.79 bits per heavy atom. The van der Waals surface area contributed by atoms with Gasteiger partial charge >= 0.3 is 0 Å². The Kier molecular flexibility index (Phi) is 6.75. The molecule has 0 bridgehead atoms. The Labute approximate surface area is 113 Å². The number of hydrogen-bond donors (Lipinski definition) is 2. The lowest BCUT2D eigenvalue weighted by Gasteiger charge is -2.21. The van der Waals surface area contributed by atoms with Gasteiger partial charge in [-0.3, -0.25) is 9.59 Å². The average Bonchev–Trinajstić information content (AvgIpc) is 2.80. The standard InChI is InChI=1S/C12H23N3O4/c1-15(6-11(16)14-4-3-5-18-2)12(17)9-7-19-8-10(9)13/h9-10H,3-8,13H2,1-2H3,(H,14,16). The predicted octanol–water partition coefficient (Wildman–Crippen LogP) is -1.43. The summed E-state index contributed by atoms with van der Waals surface area (Å²) >= 11 is 0. The molecule has 1 aliphatic heterocycles. The fourth-order valence-electron chi connectivity index (χ4n) is 1.90. The number of rotatable bonds is 7. The number of likely N-dealkylation sites (N-methyl/N-ethyl adjacent to an activating group) is 1. The van der Waals surface area contributed by atoms with E-state index < -0.39 is 0 Å². The van der Waals surface area contributed by atoms with Crippen molar-refractivity contribution >= 4 is 11.8 Å². The van der Waals surface area contributed by atoms with Crippen LogP contribution in [0.3, 0.4) is 0 Å². The van der Waals surface area contributed by atoms with Crippen LogP contribution in [0.5, 0.6) is 0 Å². The highest BCUT2D eigenvalue weighted by atomic mass is 16.5. The lowest BCUT2D eigenvalue weighted by molar-refractivity contribution is -0.138. The molecule has 0 radical (unpaired) electrons. The first-order valence-electron chi connectivity index (χ1n) is 6.40. The van der Waals surface area contributed by atoms with Gasteiger partial charge in [-0.05, 0) is 6.42 Å². The molecule has 0 aromatic rings. The minimum absolute atomic E-state index is 0.0367. The number of nitrogens with zero attached hydrogens (tertiary/aromatic N) is 1. The van der Waals surface area contributed by atoms with E-state index in [4.69, 9.17) is 15.2 Å². The normalized spacial score (nSPS) is 22.3. The van der Waals surface area contributed by atoms with Crippen LogP contribution in [0.4, 0.5) is 0 Å².